The van der Waals surface area contributed by atoms with Gasteiger partial charge in [0.25, 0.3) is 0 Å². The van der Waals surface area contributed by atoms with E-state index in [9.17, 15) is 4.79 Å². The quantitative estimate of drug-likeness (QED) is 0.779. The zero-order valence-corrected chi connectivity index (χ0v) is 11.8. The summed E-state index contributed by atoms with van der Waals surface area (Å²) in [6.45, 7) is 7.72. The Bertz CT molecular complexity index is 383. The molecule has 1 aromatic heterocycles. The number of furan rings is 1. The number of rotatable bonds is 7. The largest absolute Gasteiger partial charge is 0.466 e. The summed E-state index contributed by atoms with van der Waals surface area (Å²) >= 11 is 0. The van der Waals surface area contributed by atoms with Gasteiger partial charge in [0.15, 0.2) is 0 Å². The highest BCUT2D eigenvalue weighted by atomic mass is 16.3. The predicted molar refractivity (Wildman–Crippen MR) is 72.5 cm³/mol. The molecule has 0 bridgehead atoms. The van der Waals surface area contributed by atoms with E-state index in [1.54, 1.807) is 0 Å². The molecule has 0 saturated heterocycles. The van der Waals surface area contributed by atoms with E-state index in [2.05, 4.69) is 24.5 Å². The van der Waals surface area contributed by atoms with Crippen LogP contribution < -0.4 is 10.6 Å². The van der Waals surface area contributed by atoms with Crippen molar-refractivity contribution in [1.82, 2.24) is 10.6 Å². The first-order valence-electron chi connectivity index (χ1n) is 6.39. The molecule has 0 aliphatic carbocycles. The summed E-state index contributed by atoms with van der Waals surface area (Å²) in [6.07, 6.45) is 1.13. The van der Waals surface area contributed by atoms with Crippen molar-refractivity contribution in [3.63, 3.8) is 0 Å². The number of amides is 1. The molecule has 0 fully saturated rings. The fourth-order valence-corrected chi connectivity index (χ4v) is 1.82. The molecule has 0 radical (unpaired) electrons. The van der Waals surface area contributed by atoms with Crippen molar-refractivity contribution in [2.45, 2.75) is 33.6 Å². The normalized spacial score (nSPS) is 11.6. The van der Waals surface area contributed by atoms with E-state index in [-0.39, 0.29) is 11.3 Å². The number of carbonyl (C=O) groups is 1. The topological polar surface area (TPSA) is 54.3 Å². The Labute approximate surface area is 109 Å². The Balaban J connectivity index is 2.26. The van der Waals surface area contributed by atoms with Crippen molar-refractivity contribution in [1.29, 1.82) is 0 Å². The van der Waals surface area contributed by atoms with Gasteiger partial charge >= 0.3 is 0 Å². The highest BCUT2D eigenvalue weighted by molar-refractivity contribution is 5.76. The molecule has 1 amide bonds. The zero-order valence-electron chi connectivity index (χ0n) is 11.8. The van der Waals surface area contributed by atoms with Gasteiger partial charge in [-0.3, -0.25) is 4.79 Å². The lowest BCUT2D eigenvalue weighted by Gasteiger charge is -2.24. The van der Waals surface area contributed by atoms with E-state index in [0.717, 1.165) is 18.1 Å². The molecule has 0 atom stereocenters. The minimum absolute atomic E-state index is 0.0751. The number of carbonyl (C=O) groups excluding carboxylic acids is 1. The van der Waals surface area contributed by atoms with Gasteiger partial charge in [0.1, 0.15) is 11.5 Å². The number of hydrogen-bond donors (Lipinski definition) is 2. The molecule has 0 saturated carbocycles. The molecular formula is C14H24N2O2. The van der Waals surface area contributed by atoms with Gasteiger partial charge in [-0.25, -0.2) is 0 Å². The predicted octanol–water partition coefficient (Wildman–Crippen LogP) is 1.88. The Morgan fingerprint density at radius 2 is 2.06 bits per heavy atom. The highest BCUT2D eigenvalue weighted by Crippen LogP contribution is 2.12. The van der Waals surface area contributed by atoms with Crippen molar-refractivity contribution in [2.24, 2.45) is 5.41 Å². The van der Waals surface area contributed by atoms with Crippen LogP contribution in [0.5, 0.6) is 0 Å². The number of hydrogen-bond acceptors (Lipinski definition) is 3. The average molecular weight is 252 g/mol. The molecule has 0 aromatic carbocycles. The summed E-state index contributed by atoms with van der Waals surface area (Å²) in [7, 11) is 1.92. The monoisotopic (exact) mass is 252 g/mol. The molecule has 102 valence electrons. The molecule has 1 rings (SSSR count). The van der Waals surface area contributed by atoms with Crippen molar-refractivity contribution in [3.05, 3.63) is 23.7 Å². The molecule has 18 heavy (non-hydrogen) atoms. The summed E-state index contributed by atoms with van der Waals surface area (Å²) in [4.78, 5) is 11.7. The first-order chi connectivity index (χ1) is 8.43. The van der Waals surface area contributed by atoms with Crippen LogP contribution >= 0.6 is 0 Å². The molecule has 2 N–H and O–H groups in total. The fourth-order valence-electron chi connectivity index (χ4n) is 1.82. The van der Waals surface area contributed by atoms with E-state index in [0.29, 0.717) is 19.4 Å². The summed E-state index contributed by atoms with van der Waals surface area (Å²) < 4.78 is 5.43. The van der Waals surface area contributed by atoms with Crippen LogP contribution in [0, 0.1) is 12.3 Å². The van der Waals surface area contributed by atoms with Crippen LogP contribution in [0.25, 0.3) is 0 Å². The van der Waals surface area contributed by atoms with Crippen LogP contribution in [0.2, 0.25) is 0 Å². The number of nitrogens with one attached hydrogen (secondary N) is 2. The van der Waals surface area contributed by atoms with Gasteiger partial charge in [0, 0.05) is 25.9 Å². The lowest BCUT2D eigenvalue weighted by atomic mass is 9.93. The third kappa shape index (κ3) is 5.36. The molecular weight excluding hydrogens is 228 g/mol. The van der Waals surface area contributed by atoms with Gasteiger partial charge in [0.2, 0.25) is 5.91 Å². The lowest BCUT2D eigenvalue weighted by Crippen LogP contribution is -2.39. The third-order valence-corrected chi connectivity index (χ3v) is 2.81. The summed E-state index contributed by atoms with van der Waals surface area (Å²) in [6, 6.07) is 3.84. The maximum atomic E-state index is 11.7. The molecule has 0 spiro atoms. The van der Waals surface area contributed by atoms with E-state index < -0.39 is 0 Å². The summed E-state index contributed by atoms with van der Waals surface area (Å²) in [5.41, 5.74) is 0.0751. The molecule has 0 aliphatic heterocycles. The van der Waals surface area contributed by atoms with Gasteiger partial charge in [-0.15, -0.1) is 0 Å². The fraction of sp³-hybridized carbons (Fsp3) is 0.643. The number of aryl methyl sites for hydroxylation is 2. The highest BCUT2D eigenvalue weighted by Gasteiger charge is 2.17. The smallest absolute Gasteiger partial charge is 0.220 e. The van der Waals surface area contributed by atoms with Crippen LogP contribution in [-0.2, 0) is 11.2 Å². The molecule has 1 aromatic rings. The molecule has 0 aliphatic rings. The molecule has 0 unspecified atom stereocenters. The van der Waals surface area contributed by atoms with Crippen molar-refractivity contribution in [2.75, 3.05) is 20.1 Å². The van der Waals surface area contributed by atoms with E-state index >= 15 is 0 Å². The Hall–Kier alpha value is -1.29. The molecule has 4 nitrogen and oxygen atoms in total. The van der Waals surface area contributed by atoms with Crippen LogP contribution in [0.1, 0.15) is 31.8 Å². The molecule has 4 heteroatoms. The minimum Gasteiger partial charge on any atom is -0.466 e. The standard InChI is InChI=1S/C14H24N2O2/c1-11-5-6-12(18-11)7-8-13(17)16-10-14(2,3)9-15-4/h5-6,15H,7-10H2,1-4H3,(H,16,17). The minimum atomic E-state index is 0.0751. The van der Waals surface area contributed by atoms with Crippen LogP contribution in [0.15, 0.2) is 16.5 Å². The van der Waals surface area contributed by atoms with Gasteiger partial charge in [-0.1, -0.05) is 13.8 Å². The van der Waals surface area contributed by atoms with Crippen LogP contribution in [-0.4, -0.2) is 26.0 Å². The van der Waals surface area contributed by atoms with Crippen molar-refractivity contribution >= 4 is 5.91 Å². The maximum absolute atomic E-state index is 11.7. The van der Waals surface area contributed by atoms with Gasteiger partial charge < -0.3 is 15.1 Å². The summed E-state index contributed by atoms with van der Waals surface area (Å²) in [5.74, 6) is 1.84. The second-order valence-electron chi connectivity index (χ2n) is 5.48. The first-order valence-corrected chi connectivity index (χ1v) is 6.39. The average Bonchev–Trinajstić information content (AvgIpc) is 2.70. The zero-order chi connectivity index (χ0) is 13.6. The van der Waals surface area contributed by atoms with Crippen molar-refractivity contribution in [3.8, 4) is 0 Å². The Morgan fingerprint density at radius 1 is 1.33 bits per heavy atom. The Morgan fingerprint density at radius 3 is 2.61 bits per heavy atom. The van der Waals surface area contributed by atoms with Crippen LogP contribution in [0.3, 0.4) is 0 Å². The van der Waals surface area contributed by atoms with Gasteiger partial charge in [0.05, 0.1) is 0 Å². The van der Waals surface area contributed by atoms with Crippen molar-refractivity contribution < 1.29 is 9.21 Å². The maximum Gasteiger partial charge on any atom is 0.220 e. The Kier molecular flexibility index (Phi) is 5.41. The van der Waals surface area contributed by atoms with Gasteiger partial charge in [-0.05, 0) is 31.5 Å². The lowest BCUT2D eigenvalue weighted by molar-refractivity contribution is -0.121. The van der Waals surface area contributed by atoms with E-state index in [1.165, 1.54) is 0 Å². The summed E-state index contributed by atoms with van der Waals surface area (Å²) in [5, 5.41) is 6.09. The van der Waals surface area contributed by atoms with E-state index in [1.807, 2.05) is 26.1 Å². The SMILES string of the molecule is CNCC(C)(C)CNC(=O)CCc1ccc(C)o1. The first kappa shape index (κ1) is 14.8. The van der Waals surface area contributed by atoms with Gasteiger partial charge in [-0.2, -0.15) is 0 Å². The van der Waals surface area contributed by atoms with E-state index in [4.69, 9.17) is 4.42 Å². The third-order valence-electron chi connectivity index (χ3n) is 2.81. The second-order valence-corrected chi connectivity index (χ2v) is 5.48. The second kappa shape index (κ2) is 6.59. The molecule has 1 heterocycles. The van der Waals surface area contributed by atoms with Crippen LogP contribution in [0.4, 0.5) is 0 Å².